The van der Waals surface area contributed by atoms with Crippen molar-refractivity contribution >= 4 is 5.91 Å². The van der Waals surface area contributed by atoms with Gasteiger partial charge >= 0.3 is 0 Å². The number of unbranched alkanes of at least 4 members (excludes halogenated alkanes) is 2. The Kier molecular flexibility index (Phi) is 6.86. The number of hydrogen-bond acceptors (Lipinski definition) is 1. The van der Waals surface area contributed by atoms with Crippen LogP contribution in [0.4, 0.5) is 4.39 Å². The number of halogens is 1. The van der Waals surface area contributed by atoms with E-state index in [0.29, 0.717) is 12.1 Å². The van der Waals surface area contributed by atoms with Crippen molar-refractivity contribution in [1.82, 2.24) is 4.57 Å². The van der Waals surface area contributed by atoms with Gasteiger partial charge in [-0.3, -0.25) is 4.79 Å². The summed E-state index contributed by atoms with van der Waals surface area (Å²) < 4.78 is 15.3. The highest BCUT2D eigenvalue weighted by atomic mass is 19.1. The summed E-state index contributed by atoms with van der Waals surface area (Å²) >= 11 is 0. The summed E-state index contributed by atoms with van der Waals surface area (Å²) in [5, 5.41) is 0. The van der Waals surface area contributed by atoms with Crippen LogP contribution in [0.25, 0.3) is 11.3 Å². The molecule has 0 bridgehead atoms. The van der Waals surface area contributed by atoms with E-state index in [9.17, 15) is 9.18 Å². The lowest BCUT2D eigenvalue weighted by molar-refractivity contribution is 0.0999. The van der Waals surface area contributed by atoms with E-state index in [1.54, 1.807) is 12.1 Å². The molecule has 1 amide bonds. The maximum Gasteiger partial charge on any atom is 0.250 e. The van der Waals surface area contributed by atoms with Gasteiger partial charge in [0.15, 0.2) is 0 Å². The molecule has 0 unspecified atom stereocenters. The van der Waals surface area contributed by atoms with E-state index in [2.05, 4.69) is 35.8 Å². The number of hydrogen-bond donors (Lipinski definition) is 1. The minimum absolute atomic E-state index is 0.235. The predicted octanol–water partition coefficient (Wildman–Crippen LogP) is 5.68. The molecular weight excluding hydrogens is 363 g/mol. The third-order valence-electron chi connectivity index (χ3n) is 5.49. The standard InChI is InChI=1S/C25H29FN2O/c1-3-4-5-6-19-7-11-21(12-8-19)24-17-23(25(27)29)18(2)28(24)16-15-20-9-13-22(26)14-10-20/h7-14,17H,3-6,15-16H2,1-2H3,(H2,27,29). The lowest BCUT2D eigenvalue weighted by Gasteiger charge is -2.13. The van der Waals surface area contributed by atoms with Crippen molar-refractivity contribution in [3.8, 4) is 11.3 Å². The van der Waals surface area contributed by atoms with E-state index in [4.69, 9.17) is 5.73 Å². The Morgan fingerprint density at radius 1 is 0.966 bits per heavy atom. The molecular formula is C25H29FN2O. The minimum atomic E-state index is -0.416. The van der Waals surface area contributed by atoms with Crippen molar-refractivity contribution in [1.29, 1.82) is 0 Å². The molecule has 29 heavy (non-hydrogen) atoms. The van der Waals surface area contributed by atoms with Crippen LogP contribution in [0.2, 0.25) is 0 Å². The first-order valence-corrected chi connectivity index (χ1v) is 10.3. The second-order valence-corrected chi connectivity index (χ2v) is 7.58. The van der Waals surface area contributed by atoms with E-state index in [1.807, 2.05) is 13.0 Å². The predicted molar refractivity (Wildman–Crippen MR) is 116 cm³/mol. The lowest BCUT2D eigenvalue weighted by atomic mass is 10.0. The zero-order valence-corrected chi connectivity index (χ0v) is 17.2. The maximum absolute atomic E-state index is 13.2. The summed E-state index contributed by atoms with van der Waals surface area (Å²) in [6.07, 6.45) is 5.50. The van der Waals surface area contributed by atoms with Crippen LogP contribution in [-0.2, 0) is 19.4 Å². The van der Waals surface area contributed by atoms with Crippen LogP contribution in [0.3, 0.4) is 0 Å². The number of primary amides is 1. The molecule has 0 aliphatic heterocycles. The second kappa shape index (κ2) is 9.55. The number of rotatable bonds is 9. The van der Waals surface area contributed by atoms with Crippen LogP contribution in [0, 0.1) is 12.7 Å². The molecule has 3 rings (SSSR count). The molecule has 1 heterocycles. The number of aryl methyl sites for hydroxylation is 2. The van der Waals surface area contributed by atoms with Gasteiger partial charge < -0.3 is 10.3 Å². The second-order valence-electron chi connectivity index (χ2n) is 7.58. The Labute approximate surface area is 172 Å². The van der Waals surface area contributed by atoms with E-state index in [1.165, 1.54) is 37.0 Å². The third-order valence-corrected chi connectivity index (χ3v) is 5.49. The normalized spacial score (nSPS) is 11.0. The number of carbonyl (C=O) groups is 1. The lowest BCUT2D eigenvalue weighted by Crippen LogP contribution is -2.13. The van der Waals surface area contributed by atoms with Crippen molar-refractivity contribution in [2.24, 2.45) is 5.73 Å². The smallest absolute Gasteiger partial charge is 0.250 e. The molecule has 0 saturated carbocycles. The third kappa shape index (κ3) is 5.14. The molecule has 0 spiro atoms. The van der Waals surface area contributed by atoms with Gasteiger partial charge in [-0.15, -0.1) is 0 Å². The number of nitrogens with two attached hydrogens (primary N) is 1. The van der Waals surface area contributed by atoms with E-state index < -0.39 is 5.91 Å². The van der Waals surface area contributed by atoms with Crippen molar-refractivity contribution in [2.45, 2.75) is 52.5 Å². The molecule has 1 aromatic heterocycles. The fourth-order valence-corrected chi connectivity index (χ4v) is 3.74. The molecule has 0 fully saturated rings. The minimum Gasteiger partial charge on any atom is -0.366 e. The first-order chi connectivity index (χ1) is 14.0. The molecule has 4 heteroatoms. The van der Waals surface area contributed by atoms with Gasteiger partial charge in [0.05, 0.1) is 5.56 Å². The summed E-state index contributed by atoms with van der Waals surface area (Å²) in [4.78, 5) is 11.9. The maximum atomic E-state index is 13.2. The number of amides is 1. The first-order valence-electron chi connectivity index (χ1n) is 10.3. The van der Waals surface area contributed by atoms with Gasteiger partial charge in [-0.25, -0.2) is 4.39 Å². The Morgan fingerprint density at radius 2 is 1.59 bits per heavy atom. The molecule has 152 valence electrons. The van der Waals surface area contributed by atoms with E-state index in [-0.39, 0.29) is 5.82 Å². The van der Waals surface area contributed by atoms with Gasteiger partial charge in [-0.2, -0.15) is 0 Å². The van der Waals surface area contributed by atoms with Gasteiger partial charge in [-0.05, 0) is 61.1 Å². The van der Waals surface area contributed by atoms with Crippen LogP contribution < -0.4 is 5.73 Å². The number of nitrogens with zero attached hydrogens (tertiary/aromatic N) is 1. The largest absolute Gasteiger partial charge is 0.366 e. The van der Waals surface area contributed by atoms with Crippen LogP contribution in [-0.4, -0.2) is 10.5 Å². The number of aromatic nitrogens is 1. The molecule has 0 radical (unpaired) electrons. The van der Waals surface area contributed by atoms with Gasteiger partial charge in [0.1, 0.15) is 5.82 Å². The molecule has 3 nitrogen and oxygen atoms in total. The van der Waals surface area contributed by atoms with Crippen molar-refractivity contribution in [3.63, 3.8) is 0 Å². The van der Waals surface area contributed by atoms with E-state index in [0.717, 1.165) is 35.4 Å². The highest BCUT2D eigenvalue weighted by molar-refractivity contribution is 5.95. The van der Waals surface area contributed by atoms with Crippen LogP contribution in [0.1, 0.15) is 53.4 Å². The highest BCUT2D eigenvalue weighted by Crippen LogP contribution is 2.27. The van der Waals surface area contributed by atoms with Crippen molar-refractivity contribution in [3.05, 3.63) is 82.8 Å². The molecule has 2 aromatic carbocycles. The summed E-state index contributed by atoms with van der Waals surface area (Å²) in [6, 6.07) is 17.0. The topological polar surface area (TPSA) is 48.0 Å². The molecule has 0 atom stereocenters. The van der Waals surface area contributed by atoms with Crippen LogP contribution in [0.15, 0.2) is 54.6 Å². The Bertz CT molecular complexity index is 956. The average molecular weight is 393 g/mol. The zero-order chi connectivity index (χ0) is 20.8. The van der Waals surface area contributed by atoms with E-state index >= 15 is 0 Å². The summed E-state index contributed by atoms with van der Waals surface area (Å²) in [7, 11) is 0. The van der Waals surface area contributed by atoms with Gasteiger partial charge in [0.2, 0.25) is 0 Å². The molecule has 3 aromatic rings. The Hall–Kier alpha value is -2.88. The molecule has 0 saturated heterocycles. The van der Waals surface area contributed by atoms with Crippen molar-refractivity contribution < 1.29 is 9.18 Å². The summed E-state index contributed by atoms with van der Waals surface area (Å²) in [5.74, 6) is -0.651. The van der Waals surface area contributed by atoms with Gasteiger partial charge in [0, 0.05) is 17.9 Å². The summed E-state index contributed by atoms with van der Waals surface area (Å²) in [6.45, 7) is 4.83. The average Bonchev–Trinajstić information content (AvgIpc) is 3.05. The highest BCUT2D eigenvalue weighted by Gasteiger charge is 2.16. The van der Waals surface area contributed by atoms with Crippen molar-refractivity contribution in [2.75, 3.05) is 0 Å². The SMILES string of the molecule is CCCCCc1ccc(-c2cc(C(N)=O)c(C)n2CCc2ccc(F)cc2)cc1. The molecule has 2 N–H and O–H groups in total. The monoisotopic (exact) mass is 392 g/mol. The quantitative estimate of drug-likeness (QED) is 0.468. The zero-order valence-electron chi connectivity index (χ0n) is 17.2. The van der Waals surface area contributed by atoms with Crippen LogP contribution in [0.5, 0.6) is 0 Å². The summed E-state index contributed by atoms with van der Waals surface area (Å²) in [5.41, 5.74) is 11.4. The fourth-order valence-electron chi connectivity index (χ4n) is 3.74. The van der Waals surface area contributed by atoms with Crippen LogP contribution >= 0.6 is 0 Å². The number of benzene rings is 2. The van der Waals surface area contributed by atoms with Gasteiger partial charge in [0.25, 0.3) is 5.91 Å². The first kappa shape index (κ1) is 20.8. The molecule has 0 aliphatic rings. The Morgan fingerprint density at radius 3 is 2.21 bits per heavy atom. The van der Waals surface area contributed by atoms with Gasteiger partial charge in [-0.1, -0.05) is 56.2 Å². The fraction of sp³-hybridized carbons (Fsp3) is 0.320. The Balaban J connectivity index is 1.86. The number of carbonyl (C=O) groups excluding carboxylic acids is 1. The molecule has 0 aliphatic carbocycles.